The zero-order chi connectivity index (χ0) is 12.5. The van der Waals surface area contributed by atoms with Gasteiger partial charge in [0.05, 0.1) is 7.11 Å². The quantitative estimate of drug-likeness (QED) is 0.633. The summed E-state index contributed by atoms with van der Waals surface area (Å²) in [6.45, 7) is 2.11. The average Bonchev–Trinajstić information content (AvgIpc) is 2.88. The molecule has 0 fully saturated rings. The van der Waals surface area contributed by atoms with E-state index in [1.807, 2.05) is 6.07 Å². The first-order valence-corrected chi connectivity index (χ1v) is 6.79. The lowest BCUT2D eigenvalue weighted by atomic mass is 10.0. The molecule has 0 aliphatic rings. The average molecular weight is 254 g/mol. The SMILES string of the molecule is COc1ccc(-c2ccc(C)cc2)c2sccc12. The Hall–Kier alpha value is -1.80. The molecule has 3 rings (SSSR count). The summed E-state index contributed by atoms with van der Waals surface area (Å²) in [5.41, 5.74) is 3.83. The van der Waals surface area contributed by atoms with E-state index < -0.39 is 0 Å². The molecular formula is C16H14OS. The van der Waals surface area contributed by atoms with Crippen molar-refractivity contribution < 1.29 is 4.74 Å². The van der Waals surface area contributed by atoms with Crippen molar-refractivity contribution in [3.05, 3.63) is 53.4 Å². The van der Waals surface area contributed by atoms with Crippen molar-refractivity contribution in [2.75, 3.05) is 7.11 Å². The summed E-state index contributed by atoms with van der Waals surface area (Å²) in [4.78, 5) is 0. The van der Waals surface area contributed by atoms with Crippen molar-refractivity contribution >= 4 is 21.4 Å². The summed E-state index contributed by atoms with van der Waals surface area (Å²) in [5, 5.41) is 3.31. The third kappa shape index (κ3) is 1.79. The van der Waals surface area contributed by atoms with Crippen molar-refractivity contribution in [3.63, 3.8) is 0 Å². The lowest BCUT2D eigenvalue weighted by Gasteiger charge is -2.07. The van der Waals surface area contributed by atoms with Crippen LogP contribution in [0, 0.1) is 6.92 Å². The van der Waals surface area contributed by atoms with Crippen LogP contribution in [0.2, 0.25) is 0 Å². The Labute approximate surface area is 111 Å². The predicted octanol–water partition coefficient (Wildman–Crippen LogP) is 4.89. The van der Waals surface area contributed by atoms with Crippen LogP contribution in [-0.2, 0) is 0 Å². The van der Waals surface area contributed by atoms with Gasteiger partial charge in [0, 0.05) is 10.1 Å². The minimum Gasteiger partial charge on any atom is -0.496 e. The van der Waals surface area contributed by atoms with Gasteiger partial charge in [-0.3, -0.25) is 0 Å². The zero-order valence-corrected chi connectivity index (χ0v) is 11.3. The molecule has 0 N–H and O–H groups in total. The van der Waals surface area contributed by atoms with Gasteiger partial charge in [0.15, 0.2) is 0 Å². The first kappa shape index (κ1) is 11.3. The summed E-state index contributed by atoms with van der Waals surface area (Å²) in [6, 6.07) is 15.0. The number of rotatable bonds is 2. The number of hydrogen-bond donors (Lipinski definition) is 0. The van der Waals surface area contributed by atoms with Crippen LogP contribution >= 0.6 is 11.3 Å². The Morgan fingerprint density at radius 3 is 2.44 bits per heavy atom. The number of thiophene rings is 1. The van der Waals surface area contributed by atoms with Crippen LogP contribution in [0.25, 0.3) is 21.2 Å². The van der Waals surface area contributed by atoms with E-state index in [9.17, 15) is 0 Å². The maximum atomic E-state index is 5.40. The Morgan fingerprint density at radius 2 is 1.72 bits per heavy atom. The molecule has 18 heavy (non-hydrogen) atoms. The van der Waals surface area contributed by atoms with Crippen molar-refractivity contribution in [1.82, 2.24) is 0 Å². The van der Waals surface area contributed by atoms with Crippen LogP contribution in [0.3, 0.4) is 0 Å². The van der Waals surface area contributed by atoms with E-state index in [0.29, 0.717) is 0 Å². The van der Waals surface area contributed by atoms with Crippen LogP contribution < -0.4 is 4.74 Å². The van der Waals surface area contributed by atoms with Crippen molar-refractivity contribution in [2.24, 2.45) is 0 Å². The summed E-state index contributed by atoms with van der Waals surface area (Å²) in [5.74, 6) is 0.946. The Kier molecular flexibility index (Phi) is 2.80. The molecule has 0 saturated carbocycles. The van der Waals surface area contributed by atoms with Gasteiger partial charge in [-0.05, 0) is 41.6 Å². The molecule has 0 atom stereocenters. The molecule has 1 heterocycles. The molecule has 0 amide bonds. The van der Waals surface area contributed by atoms with E-state index in [0.717, 1.165) is 5.75 Å². The first-order chi connectivity index (χ1) is 8.79. The van der Waals surface area contributed by atoms with E-state index in [1.54, 1.807) is 18.4 Å². The van der Waals surface area contributed by atoms with E-state index in [-0.39, 0.29) is 0 Å². The van der Waals surface area contributed by atoms with Gasteiger partial charge < -0.3 is 4.74 Å². The van der Waals surface area contributed by atoms with E-state index in [1.165, 1.54) is 26.8 Å². The Morgan fingerprint density at radius 1 is 0.944 bits per heavy atom. The van der Waals surface area contributed by atoms with Gasteiger partial charge in [0.1, 0.15) is 5.75 Å². The summed E-state index contributed by atoms with van der Waals surface area (Å²) in [7, 11) is 1.72. The third-order valence-corrected chi connectivity index (χ3v) is 4.11. The number of methoxy groups -OCH3 is 1. The number of aryl methyl sites for hydroxylation is 1. The highest BCUT2D eigenvalue weighted by molar-refractivity contribution is 7.17. The second kappa shape index (κ2) is 4.46. The molecule has 0 spiro atoms. The molecule has 0 aliphatic carbocycles. The molecule has 1 nitrogen and oxygen atoms in total. The van der Waals surface area contributed by atoms with Crippen LogP contribution in [-0.4, -0.2) is 7.11 Å². The highest BCUT2D eigenvalue weighted by atomic mass is 32.1. The molecule has 90 valence electrons. The summed E-state index contributed by atoms with van der Waals surface area (Å²) < 4.78 is 6.69. The van der Waals surface area contributed by atoms with Crippen molar-refractivity contribution in [2.45, 2.75) is 6.92 Å². The van der Waals surface area contributed by atoms with Crippen LogP contribution in [0.15, 0.2) is 47.8 Å². The summed E-state index contributed by atoms with van der Waals surface area (Å²) in [6.07, 6.45) is 0. The van der Waals surface area contributed by atoms with Crippen molar-refractivity contribution in [1.29, 1.82) is 0 Å². The highest BCUT2D eigenvalue weighted by Crippen LogP contribution is 2.37. The standard InChI is InChI=1S/C16H14OS/c1-11-3-5-12(6-4-11)13-7-8-15(17-2)14-9-10-18-16(13)14/h3-10H,1-2H3. The van der Waals surface area contributed by atoms with Gasteiger partial charge in [0.25, 0.3) is 0 Å². The molecule has 0 bridgehead atoms. The van der Waals surface area contributed by atoms with E-state index >= 15 is 0 Å². The molecule has 0 saturated heterocycles. The molecule has 0 unspecified atom stereocenters. The second-order valence-electron chi connectivity index (χ2n) is 4.34. The van der Waals surface area contributed by atoms with Crippen LogP contribution in [0.4, 0.5) is 0 Å². The Balaban J connectivity index is 2.24. The molecule has 0 radical (unpaired) electrons. The fraction of sp³-hybridized carbons (Fsp3) is 0.125. The second-order valence-corrected chi connectivity index (χ2v) is 5.26. The maximum Gasteiger partial charge on any atom is 0.127 e. The number of fused-ring (bicyclic) bond motifs is 1. The number of ether oxygens (including phenoxy) is 1. The predicted molar refractivity (Wildman–Crippen MR) is 78.6 cm³/mol. The minimum absolute atomic E-state index is 0.946. The number of hydrogen-bond acceptors (Lipinski definition) is 2. The molecule has 3 aromatic rings. The molecule has 0 aliphatic heterocycles. The summed E-state index contributed by atoms with van der Waals surface area (Å²) >= 11 is 1.76. The molecule has 2 aromatic carbocycles. The van der Waals surface area contributed by atoms with Gasteiger partial charge in [-0.15, -0.1) is 11.3 Å². The van der Waals surface area contributed by atoms with Gasteiger partial charge >= 0.3 is 0 Å². The molecule has 1 aromatic heterocycles. The Bertz CT molecular complexity index is 680. The monoisotopic (exact) mass is 254 g/mol. The lowest BCUT2D eigenvalue weighted by Crippen LogP contribution is -1.85. The minimum atomic E-state index is 0.946. The maximum absolute atomic E-state index is 5.40. The van der Waals surface area contributed by atoms with E-state index in [4.69, 9.17) is 4.74 Å². The molecule has 2 heteroatoms. The van der Waals surface area contributed by atoms with Gasteiger partial charge in [-0.25, -0.2) is 0 Å². The lowest BCUT2D eigenvalue weighted by molar-refractivity contribution is 0.420. The van der Waals surface area contributed by atoms with Gasteiger partial charge in [0.2, 0.25) is 0 Å². The topological polar surface area (TPSA) is 9.23 Å². The number of benzene rings is 2. The fourth-order valence-corrected chi connectivity index (χ4v) is 3.12. The van der Waals surface area contributed by atoms with Crippen LogP contribution in [0.1, 0.15) is 5.56 Å². The first-order valence-electron chi connectivity index (χ1n) is 5.91. The molecular weight excluding hydrogens is 240 g/mol. The van der Waals surface area contributed by atoms with Gasteiger partial charge in [-0.1, -0.05) is 29.8 Å². The van der Waals surface area contributed by atoms with Crippen LogP contribution in [0.5, 0.6) is 5.75 Å². The van der Waals surface area contributed by atoms with Gasteiger partial charge in [-0.2, -0.15) is 0 Å². The van der Waals surface area contributed by atoms with E-state index in [2.05, 4.69) is 48.7 Å². The largest absolute Gasteiger partial charge is 0.496 e. The normalized spacial score (nSPS) is 10.8. The fourth-order valence-electron chi connectivity index (χ4n) is 2.17. The third-order valence-electron chi connectivity index (χ3n) is 3.16. The van der Waals surface area contributed by atoms with Crippen molar-refractivity contribution in [3.8, 4) is 16.9 Å². The zero-order valence-electron chi connectivity index (χ0n) is 10.4. The smallest absolute Gasteiger partial charge is 0.127 e. The highest BCUT2D eigenvalue weighted by Gasteiger charge is 2.09.